The third-order valence-electron chi connectivity index (χ3n) is 5.07. The molecule has 1 heterocycles. The first-order valence-corrected chi connectivity index (χ1v) is 9.23. The third kappa shape index (κ3) is 4.94. The molecule has 0 aromatic heterocycles. The summed E-state index contributed by atoms with van der Waals surface area (Å²) in [6.45, 7) is 2.02. The Balaban J connectivity index is 1.63. The molecule has 4 heteroatoms. The smallest absolute Gasteiger partial charge is 0.220 e. The summed E-state index contributed by atoms with van der Waals surface area (Å²) in [7, 11) is 0. The topological polar surface area (TPSA) is 58.2 Å². The molecule has 1 aliphatic rings. The van der Waals surface area contributed by atoms with Crippen molar-refractivity contribution in [1.29, 1.82) is 0 Å². The van der Waals surface area contributed by atoms with Crippen LogP contribution in [-0.2, 0) is 16.0 Å². The molecular formula is C22H26N2O2. The van der Waals surface area contributed by atoms with Crippen molar-refractivity contribution in [3.05, 3.63) is 71.8 Å². The highest BCUT2D eigenvalue weighted by Gasteiger charge is 2.33. The SMILES string of the molecule is CC1(CCC(=O)NC(Cc2ccccc2)c2ccccc2)CCC(=O)N1. The molecular weight excluding hydrogens is 324 g/mol. The van der Waals surface area contributed by atoms with Gasteiger partial charge in [-0.1, -0.05) is 60.7 Å². The fourth-order valence-electron chi connectivity index (χ4n) is 3.48. The van der Waals surface area contributed by atoms with Crippen LogP contribution in [0.15, 0.2) is 60.7 Å². The van der Waals surface area contributed by atoms with Gasteiger partial charge >= 0.3 is 0 Å². The average molecular weight is 350 g/mol. The fourth-order valence-corrected chi connectivity index (χ4v) is 3.48. The predicted molar refractivity (Wildman–Crippen MR) is 102 cm³/mol. The van der Waals surface area contributed by atoms with Crippen LogP contribution < -0.4 is 10.6 Å². The quantitative estimate of drug-likeness (QED) is 0.802. The van der Waals surface area contributed by atoms with Gasteiger partial charge in [0.25, 0.3) is 0 Å². The van der Waals surface area contributed by atoms with E-state index in [4.69, 9.17) is 0 Å². The van der Waals surface area contributed by atoms with E-state index in [9.17, 15) is 9.59 Å². The molecule has 2 atom stereocenters. The zero-order chi connectivity index (χ0) is 18.4. The minimum Gasteiger partial charge on any atom is -0.351 e. The second-order valence-corrected chi connectivity index (χ2v) is 7.33. The molecule has 1 aliphatic heterocycles. The summed E-state index contributed by atoms with van der Waals surface area (Å²) in [5.41, 5.74) is 2.04. The van der Waals surface area contributed by atoms with E-state index in [0.717, 1.165) is 18.4 Å². The summed E-state index contributed by atoms with van der Waals surface area (Å²) in [4.78, 5) is 24.0. The normalized spacial score (nSPS) is 20.4. The number of rotatable bonds is 7. The summed E-state index contributed by atoms with van der Waals surface area (Å²) in [5.74, 6) is 0.108. The average Bonchev–Trinajstić information content (AvgIpc) is 3.00. The Hall–Kier alpha value is -2.62. The van der Waals surface area contributed by atoms with Crippen molar-refractivity contribution in [1.82, 2.24) is 10.6 Å². The molecule has 1 fully saturated rings. The van der Waals surface area contributed by atoms with Gasteiger partial charge in [0.2, 0.25) is 11.8 Å². The lowest BCUT2D eigenvalue weighted by Crippen LogP contribution is -2.40. The Morgan fingerprint density at radius 1 is 1.12 bits per heavy atom. The van der Waals surface area contributed by atoms with Crippen molar-refractivity contribution in [2.45, 2.75) is 50.6 Å². The first-order chi connectivity index (χ1) is 12.5. The number of hydrogen-bond acceptors (Lipinski definition) is 2. The first-order valence-electron chi connectivity index (χ1n) is 9.23. The molecule has 2 aromatic carbocycles. The van der Waals surface area contributed by atoms with Gasteiger partial charge in [-0.3, -0.25) is 9.59 Å². The van der Waals surface area contributed by atoms with E-state index in [1.807, 2.05) is 55.5 Å². The molecule has 0 aliphatic carbocycles. The van der Waals surface area contributed by atoms with E-state index in [1.165, 1.54) is 5.56 Å². The van der Waals surface area contributed by atoms with E-state index in [1.54, 1.807) is 0 Å². The van der Waals surface area contributed by atoms with Crippen molar-refractivity contribution in [2.24, 2.45) is 0 Å². The lowest BCUT2D eigenvalue weighted by Gasteiger charge is -2.25. The lowest BCUT2D eigenvalue weighted by atomic mass is 9.93. The number of hydrogen-bond donors (Lipinski definition) is 2. The van der Waals surface area contributed by atoms with Gasteiger partial charge in [0.15, 0.2) is 0 Å². The van der Waals surface area contributed by atoms with Gasteiger partial charge in [0, 0.05) is 18.4 Å². The van der Waals surface area contributed by atoms with E-state index >= 15 is 0 Å². The second kappa shape index (κ2) is 8.17. The van der Waals surface area contributed by atoms with Crippen LogP contribution >= 0.6 is 0 Å². The van der Waals surface area contributed by atoms with E-state index in [0.29, 0.717) is 19.3 Å². The minimum atomic E-state index is -0.254. The lowest BCUT2D eigenvalue weighted by molar-refractivity contribution is -0.123. The maximum absolute atomic E-state index is 12.6. The van der Waals surface area contributed by atoms with Crippen LogP contribution in [0.5, 0.6) is 0 Å². The Morgan fingerprint density at radius 3 is 2.38 bits per heavy atom. The Kier molecular flexibility index (Phi) is 5.71. The van der Waals surface area contributed by atoms with Crippen molar-refractivity contribution in [3.63, 3.8) is 0 Å². The standard InChI is InChI=1S/C22H26N2O2/c1-22(15-13-21(26)24-22)14-12-20(25)23-19(18-10-6-3-7-11-18)16-17-8-4-2-5-9-17/h2-11,19H,12-16H2,1H3,(H,23,25)(H,24,26). The van der Waals surface area contributed by atoms with Gasteiger partial charge < -0.3 is 10.6 Å². The van der Waals surface area contributed by atoms with Crippen LogP contribution in [0.2, 0.25) is 0 Å². The monoisotopic (exact) mass is 350 g/mol. The molecule has 2 amide bonds. The predicted octanol–water partition coefficient (Wildman–Crippen LogP) is 3.54. The maximum Gasteiger partial charge on any atom is 0.220 e. The van der Waals surface area contributed by atoms with Gasteiger partial charge in [-0.05, 0) is 37.3 Å². The molecule has 2 aromatic rings. The molecule has 0 bridgehead atoms. The van der Waals surface area contributed by atoms with Crippen LogP contribution in [0.4, 0.5) is 0 Å². The minimum absolute atomic E-state index is 0.0251. The van der Waals surface area contributed by atoms with Gasteiger partial charge in [-0.25, -0.2) is 0 Å². The number of carbonyl (C=O) groups excluding carboxylic acids is 2. The number of amides is 2. The largest absolute Gasteiger partial charge is 0.351 e. The third-order valence-corrected chi connectivity index (χ3v) is 5.07. The molecule has 0 saturated carbocycles. The van der Waals surface area contributed by atoms with Crippen molar-refractivity contribution in [2.75, 3.05) is 0 Å². The zero-order valence-electron chi connectivity index (χ0n) is 15.2. The van der Waals surface area contributed by atoms with Crippen molar-refractivity contribution >= 4 is 11.8 Å². The number of benzene rings is 2. The second-order valence-electron chi connectivity index (χ2n) is 7.33. The molecule has 0 spiro atoms. The Labute approximate surface area is 155 Å². The molecule has 3 rings (SSSR count). The van der Waals surface area contributed by atoms with Gasteiger partial charge in [0.1, 0.15) is 0 Å². The van der Waals surface area contributed by atoms with Gasteiger partial charge in [-0.2, -0.15) is 0 Å². The van der Waals surface area contributed by atoms with Gasteiger partial charge in [0.05, 0.1) is 6.04 Å². The molecule has 2 unspecified atom stereocenters. The van der Waals surface area contributed by atoms with Crippen molar-refractivity contribution in [3.8, 4) is 0 Å². The number of carbonyl (C=O) groups is 2. The van der Waals surface area contributed by atoms with Crippen molar-refractivity contribution < 1.29 is 9.59 Å². The fraction of sp³-hybridized carbons (Fsp3) is 0.364. The molecule has 4 nitrogen and oxygen atoms in total. The van der Waals surface area contributed by atoms with Crippen LogP contribution in [0, 0.1) is 0 Å². The highest BCUT2D eigenvalue weighted by molar-refractivity contribution is 5.80. The van der Waals surface area contributed by atoms with Gasteiger partial charge in [-0.15, -0.1) is 0 Å². The van der Waals surface area contributed by atoms with Crippen LogP contribution in [0.25, 0.3) is 0 Å². The van der Waals surface area contributed by atoms with Crippen LogP contribution in [0.3, 0.4) is 0 Å². The van der Waals surface area contributed by atoms with E-state index in [-0.39, 0.29) is 23.4 Å². The number of nitrogens with one attached hydrogen (secondary N) is 2. The maximum atomic E-state index is 12.6. The summed E-state index contributed by atoms with van der Waals surface area (Å²) in [5, 5.41) is 6.17. The summed E-state index contributed by atoms with van der Waals surface area (Å²) >= 11 is 0. The summed E-state index contributed by atoms with van der Waals surface area (Å²) < 4.78 is 0. The molecule has 0 radical (unpaired) electrons. The molecule has 136 valence electrons. The molecule has 26 heavy (non-hydrogen) atoms. The Bertz CT molecular complexity index is 745. The van der Waals surface area contributed by atoms with E-state index < -0.39 is 0 Å². The summed E-state index contributed by atoms with van der Waals surface area (Å²) in [6.07, 6.45) is 3.18. The Morgan fingerprint density at radius 2 is 1.77 bits per heavy atom. The van der Waals surface area contributed by atoms with Crippen LogP contribution in [0.1, 0.15) is 49.8 Å². The molecule has 2 N–H and O–H groups in total. The highest BCUT2D eigenvalue weighted by atomic mass is 16.2. The van der Waals surface area contributed by atoms with E-state index in [2.05, 4.69) is 22.8 Å². The molecule has 1 saturated heterocycles. The summed E-state index contributed by atoms with van der Waals surface area (Å²) in [6, 6.07) is 20.2. The first kappa shape index (κ1) is 18.2. The highest BCUT2D eigenvalue weighted by Crippen LogP contribution is 2.25. The zero-order valence-corrected chi connectivity index (χ0v) is 15.2. The van der Waals surface area contributed by atoms with Crippen LogP contribution in [-0.4, -0.2) is 17.4 Å².